The molecule has 0 radical (unpaired) electrons. The number of hydrogen-bond donors (Lipinski definition) is 2. The van der Waals surface area contributed by atoms with Crippen molar-refractivity contribution in [3.8, 4) is 11.5 Å². The molecule has 0 spiro atoms. The van der Waals surface area contributed by atoms with E-state index in [1.165, 1.54) is 24.3 Å². The Balaban J connectivity index is 0.000000248. The maximum absolute atomic E-state index is 11.5. The third-order valence-corrected chi connectivity index (χ3v) is 10.00. The number of fused-ring (bicyclic) bond motifs is 2. The van der Waals surface area contributed by atoms with Crippen molar-refractivity contribution in [1.29, 1.82) is 0 Å². The van der Waals surface area contributed by atoms with Gasteiger partial charge in [-0.15, -0.1) is 20.5 Å². The van der Waals surface area contributed by atoms with Gasteiger partial charge in [-0.3, -0.25) is 20.2 Å². The molecule has 21 heteroatoms. The van der Waals surface area contributed by atoms with Crippen molar-refractivity contribution in [2.45, 2.75) is 36.5 Å². The molecule has 288 valence electrons. The summed E-state index contributed by atoms with van der Waals surface area (Å²) in [7, 11) is -9.90. The molecule has 0 unspecified atom stereocenters. The fourth-order valence-corrected chi connectivity index (χ4v) is 6.70. The molecule has 0 atom stereocenters. The molecule has 0 aliphatic heterocycles. The molecule has 0 saturated heterocycles. The zero-order valence-corrected chi connectivity index (χ0v) is 33.7. The van der Waals surface area contributed by atoms with Crippen molar-refractivity contribution >= 4 is 114 Å². The van der Waals surface area contributed by atoms with E-state index in [9.17, 15) is 56.4 Å². The minimum absolute atomic E-state index is 0. The van der Waals surface area contributed by atoms with Gasteiger partial charge in [0.05, 0.1) is 31.0 Å². The van der Waals surface area contributed by atoms with Gasteiger partial charge in [0.15, 0.2) is 11.5 Å². The summed E-state index contributed by atoms with van der Waals surface area (Å²) in [5.74, 6) is -1.64. The number of hydrogen-bond acceptors (Lipinski definition) is 16. The van der Waals surface area contributed by atoms with Crippen LogP contribution in [-0.4, -0.2) is 83.7 Å². The number of benzene rings is 6. The van der Waals surface area contributed by atoms with E-state index in [4.69, 9.17) is 0 Å². The van der Waals surface area contributed by atoms with E-state index in [-0.39, 0.29) is 71.9 Å². The van der Waals surface area contributed by atoms with Gasteiger partial charge in [-0.25, -0.2) is 16.8 Å². The summed E-state index contributed by atoms with van der Waals surface area (Å²) in [6.45, 7) is 3.66. The number of phenolic OH excluding ortho intramolecular Hbond substituents is 2. The van der Waals surface area contributed by atoms with Crippen LogP contribution in [0.4, 0.5) is 34.1 Å². The maximum Gasteiger partial charge on any atom is 2.00 e. The van der Waals surface area contributed by atoms with Crippen molar-refractivity contribution in [1.82, 2.24) is 0 Å². The molecule has 18 nitrogen and oxygen atoms in total. The van der Waals surface area contributed by atoms with Gasteiger partial charge in [-0.05, 0) is 46.9 Å². The molecule has 6 rings (SSSR count). The van der Waals surface area contributed by atoms with Crippen molar-refractivity contribution in [3.05, 3.63) is 128 Å². The Morgan fingerprint density at radius 1 is 0.561 bits per heavy atom. The SMILES string of the molecule is CCc1ccc([N+](=O)[O-])cc1N=Nc1c(O)c(S(=O)(=O)[O-])cc2ccccc12.CCc1ccc([N+](=O)[O-])cc1N=Nc1c(O)c(S(=O)(=O)[O-])cc2ccccc12.[Ca+2]. The van der Waals surface area contributed by atoms with Gasteiger partial charge < -0.3 is 19.3 Å². The van der Waals surface area contributed by atoms with Crippen molar-refractivity contribution < 1.29 is 46.0 Å². The predicted octanol–water partition coefficient (Wildman–Crippen LogP) is 8.29. The Labute approximate surface area is 354 Å². The van der Waals surface area contributed by atoms with E-state index in [0.717, 1.165) is 12.1 Å². The van der Waals surface area contributed by atoms with E-state index >= 15 is 0 Å². The number of rotatable bonds is 10. The van der Waals surface area contributed by atoms with Gasteiger partial charge >= 0.3 is 37.7 Å². The van der Waals surface area contributed by atoms with Gasteiger partial charge in [0.2, 0.25) is 0 Å². The molecule has 0 bridgehead atoms. The van der Waals surface area contributed by atoms with Crippen LogP contribution in [0, 0.1) is 20.2 Å². The van der Waals surface area contributed by atoms with Crippen LogP contribution >= 0.6 is 0 Å². The average molecular weight is 841 g/mol. The summed E-state index contributed by atoms with van der Waals surface area (Å²) in [6.07, 6.45) is 1.04. The second-order valence-corrected chi connectivity index (χ2v) is 14.4. The maximum atomic E-state index is 11.5. The second kappa shape index (κ2) is 18.2. The van der Waals surface area contributed by atoms with E-state index in [0.29, 0.717) is 45.5 Å². The molecule has 0 fully saturated rings. The molecule has 0 saturated carbocycles. The van der Waals surface area contributed by atoms with Crippen LogP contribution in [0.1, 0.15) is 25.0 Å². The first-order valence-corrected chi connectivity index (χ1v) is 19.1. The minimum Gasteiger partial charge on any atom is -0.744 e. The Hall–Kier alpha value is -5.48. The molecule has 6 aromatic carbocycles. The quantitative estimate of drug-likeness (QED) is 0.0433. The first kappa shape index (κ1) is 44.2. The minimum atomic E-state index is -4.95. The average Bonchev–Trinajstić information content (AvgIpc) is 3.15. The van der Waals surface area contributed by atoms with E-state index in [1.807, 2.05) is 13.8 Å². The standard InChI is InChI=1S/2C18H15N3O6S.Ca/c2*1-2-11-7-8-13(21(23)24)10-15(11)19-20-17-14-6-4-3-5-12(14)9-16(18(17)22)28(25,26)27;/h2*3-10,22H,2H2,1H3,(H,25,26,27);/q;;+2/p-2. The number of nitrogens with zero attached hydrogens (tertiary/aromatic N) is 6. The summed E-state index contributed by atoms with van der Waals surface area (Å²) >= 11 is 0. The van der Waals surface area contributed by atoms with Crippen LogP contribution in [0.5, 0.6) is 11.5 Å². The van der Waals surface area contributed by atoms with Crippen LogP contribution in [0.2, 0.25) is 0 Å². The number of aryl methyl sites for hydroxylation is 2. The number of nitro groups is 2. The van der Waals surface area contributed by atoms with Crippen molar-refractivity contribution in [3.63, 3.8) is 0 Å². The van der Waals surface area contributed by atoms with Crippen LogP contribution < -0.4 is 0 Å². The number of non-ortho nitro benzene ring substituents is 2. The molecule has 2 N–H and O–H groups in total. The summed E-state index contributed by atoms with van der Waals surface area (Å²) in [6, 6.07) is 23.2. The topological polar surface area (TPSA) is 291 Å². The summed E-state index contributed by atoms with van der Waals surface area (Å²) in [5.41, 5.74) is 0.969. The molecule has 57 heavy (non-hydrogen) atoms. The Morgan fingerprint density at radius 2 is 0.912 bits per heavy atom. The zero-order chi connectivity index (χ0) is 40.9. The number of aromatic hydroxyl groups is 2. The first-order valence-electron chi connectivity index (χ1n) is 16.2. The monoisotopic (exact) mass is 840 g/mol. The third-order valence-electron chi connectivity index (χ3n) is 8.30. The largest absolute Gasteiger partial charge is 2.00 e. The zero-order valence-electron chi connectivity index (χ0n) is 29.8. The van der Waals surface area contributed by atoms with Crippen molar-refractivity contribution in [2.75, 3.05) is 0 Å². The molecule has 0 amide bonds. The molecular weight excluding hydrogens is 813 g/mol. The van der Waals surface area contributed by atoms with Crippen LogP contribution in [0.3, 0.4) is 0 Å². The molecule has 0 aliphatic rings. The number of phenols is 2. The van der Waals surface area contributed by atoms with E-state index in [2.05, 4.69) is 20.5 Å². The number of nitro benzene ring substituents is 2. The van der Waals surface area contributed by atoms with Gasteiger partial charge in [-0.2, -0.15) is 0 Å². The van der Waals surface area contributed by atoms with Gasteiger partial charge in [-0.1, -0.05) is 74.5 Å². The normalized spacial score (nSPS) is 11.7. The van der Waals surface area contributed by atoms with Crippen LogP contribution in [-0.2, 0) is 33.1 Å². The summed E-state index contributed by atoms with van der Waals surface area (Å²) < 4.78 is 68.9. The Morgan fingerprint density at radius 3 is 1.23 bits per heavy atom. The predicted molar refractivity (Wildman–Crippen MR) is 206 cm³/mol. The van der Waals surface area contributed by atoms with Gasteiger partial charge in [0, 0.05) is 35.0 Å². The smallest absolute Gasteiger partial charge is 0.744 e. The summed E-state index contributed by atoms with van der Waals surface area (Å²) in [5, 5.41) is 60.0. The Bertz CT molecular complexity index is 2640. The Kier molecular flexibility index (Phi) is 14.1. The van der Waals surface area contributed by atoms with E-state index in [1.54, 1.807) is 60.7 Å². The fraction of sp³-hybridized carbons (Fsp3) is 0.111. The van der Waals surface area contributed by atoms with Crippen LogP contribution in [0.25, 0.3) is 21.5 Å². The van der Waals surface area contributed by atoms with E-state index < -0.39 is 51.4 Å². The molecule has 0 aliphatic carbocycles. The molecular formula is C36H28CaN6O12S2. The van der Waals surface area contributed by atoms with Gasteiger partial charge in [0.25, 0.3) is 11.4 Å². The van der Waals surface area contributed by atoms with Gasteiger partial charge in [0.1, 0.15) is 31.6 Å². The first-order chi connectivity index (χ1) is 26.4. The molecule has 6 aromatic rings. The molecule has 0 aromatic heterocycles. The third kappa shape index (κ3) is 10.1. The summed E-state index contributed by atoms with van der Waals surface area (Å²) in [4.78, 5) is 19.2. The second-order valence-electron chi connectivity index (χ2n) is 11.7. The van der Waals surface area contributed by atoms with Crippen molar-refractivity contribution in [2.24, 2.45) is 20.5 Å². The molecule has 0 heterocycles. The fourth-order valence-electron chi connectivity index (χ4n) is 5.49. The number of azo groups is 2. The van der Waals surface area contributed by atoms with Crippen LogP contribution in [0.15, 0.2) is 127 Å².